The van der Waals surface area contributed by atoms with E-state index in [-0.39, 0.29) is 0 Å². The molecule has 0 N–H and O–H groups in total. The van der Waals surface area contributed by atoms with E-state index in [0.29, 0.717) is 13.0 Å². The van der Waals surface area contributed by atoms with E-state index >= 15 is 0 Å². The third-order valence-electron chi connectivity index (χ3n) is 2.65. The highest BCUT2D eigenvalue weighted by Crippen LogP contribution is 2.06. The highest BCUT2D eigenvalue weighted by Gasteiger charge is 1.99. The Morgan fingerprint density at radius 2 is 1.68 bits per heavy atom. The van der Waals surface area contributed by atoms with Gasteiger partial charge < -0.3 is 0 Å². The molecule has 2 heterocycles. The number of nitrogens with zero attached hydrogens (tertiary/aromatic N) is 4. The number of hydrogen-bond acceptors (Lipinski definition) is 3. The summed E-state index contributed by atoms with van der Waals surface area (Å²) in [5.74, 6) is 6.10. The van der Waals surface area contributed by atoms with Crippen molar-refractivity contribution in [3.63, 3.8) is 0 Å². The van der Waals surface area contributed by atoms with Crippen molar-refractivity contribution in [2.75, 3.05) is 0 Å². The number of fused-ring (bicyclic) bond motifs is 1. The van der Waals surface area contributed by atoms with Gasteiger partial charge in [0.15, 0.2) is 0 Å². The van der Waals surface area contributed by atoms with Crippen LogP contribution in [0.2, 0.25) is 0 Å². The molecule has 2 aromatic heterocycles. The van der Waals surface area contributed by atoms with Gasteiger partial charge in [0.25, 0.3) is 0 Å². The van der Waals surface area contributed by atoms with Crippen LogP contribution in [0, 0.1) is 11.8 Å². The smallest absolute Gasteiger partial charge is 0.113 e. The molecule has 0 aliphatic heterocycles. The summed E-state index contributed by atoms with van der Waals surface area (Å²) in [4.78, 5) is 5.84. The molecule has 0 atom stereocenters. The minimum Gasteiger partial charge on any atom is -0.248 e. The monoisotopic (exact) mass is 248 g/mol. The van der Waals surface area contributed by atoms with Crippen LogP contribution in [0.4, 0.5) is 0 Å². The Morgan fingerprint density at radius 3 is 2.37 bits per heavy atom. The fourth-order valence-electron chi connectivity index (χ4n) is 1.75. The van der Waals surface area contributed by atoms with Gasteiger partial charge in [-0.15, -0.1) is 0 Å². The lowest BCUT2D eigenvalue weighted by Gasteiger charge is -1.92. The molecule has 0 fully saturated rings. The summed E-state index contributed by atoms with van der Waals surface area (Å²) in [7, 11) is 0. The maximum Gasteiger partial charge on any atom is 0.113 e. The van der Waals surface area contributed by atoms with Gasteiger partial charge in [-0.05, 0) is 30.2 Å². The molecule has 0 saturated carbocycles. The van der Waals surface area contributed by atoms with Crippen LogP contribution in [0.3, 0.4) is 0 Å². The molecular weight excluding hydrogens is 236 g/mol. The van der Waals surface area contributed by atoms with Gasteiger partial charge in [0.05, 0.1) is 6.54 Å². The van der Waals surface area contributed by atoms with Crippen molar-refractivity contribution in [2.24, 2.45) is 0 Å². The highest BCUT2D eigenvalue weighted by molar-refractivity contribution is 5.72. The quantitative estimate of drug-likeness (QED) is 0.653. The molecule has 0 unspecified atom stereocenters. The van der Waals surface area contributed by atoms with Crippen molar-refractivity contribution in [2.45, 2.75) is 13.0 Å². The maximum absolute atomic E-state index is 4.38. The first-order valence-electron chi connectivity index (χ1n) is 6.11. The van der Waals surface area contributed by atoms with Crippen LogP contribution in [0.1, 0.15) is 12.1 Å². The third-order valence-corrected chi connectivity index (χ3v) is 2.65. The van der Waals surface area contributed by atoms with Gasteiger partial charge in [0, 0.05) is 12.6 Å². The number of benzene rings is 1. The van der Waals surface area contributed by atoms with Gasteiger partial charge in [0.1, 0.15) is 16.7 Å². The normalized spacial score (nSPS) is 10.1. The Labute approximate surface area is 111 Å². The van der Waals surface area contributed by atoms with Crippen molar-refractivity contribution in [1.29, 1.82) is 0 Å². The maximum atomic E-state index is 4.38. The minimum absolute atomic E-state index is 0.689. The number of hydrogen-bond donors (Lipinski definition) is 0. The Bertz CT molecular complexity index is 702. The van der Waals surface area contributed by atoms with E-state index in [9.17, 15) is 0 Å². The molecular formula is C15H12N4. The van der Waals surface area contributed by atoms with E-state index in [2.05, 4.69) is 27.0 Å². The first-order chi connectivity index (χ1) is 9.42. The van der Waals surface area contributed by atoms with Crippen LogP contribution >= 0.6 is 0 Å². The lowest BCUT2D eigenvalue weighted by atomic mass is 10.3. The van der Waals surface area contributed by atoms with Crippen LogP contribution in [-0.4, -0.2) is 20.0 Å². The first kappa shape index (κ1) is 11.4. The second-order valence-electron chi connectivity index (χ2n) is 4.05. The molecule has 0 radical (unpaired) electrons. The molecule has 1 aromatic carbocycles. The molecule has 0 aliphatic carbocycles. The van der Waals surface area contributed by atoms with E-state index in [1.165, 1.54) is 0 Å². The summed E-state index contributed by atoms with van der Waals surface area (Å²) in [6, 6.07) is 13.5. The largest absolute Gasteiger partial charge is 0.248 e. The van der Waals surface area contributed by atoms with Crippen molar-refractivity contribution < 1.29 is 0 Å². The van der Waals surface area contributed by atoms with Crippen LogP contribution in [0.25, 0.3) is 11.0 Å². The molecule has 4 nitrogen and oxygen atoms in total. The predicted molar refractivity (Wildman–Crippen MR) is 73.3 cm³/mol. The van der Waals surface area contributed by atoms with Crippen LogP contribution in [-0.2, 0) is 6.54 Å². The third kappa shape index (κ3) is 2.78. The van der Waals surface area contributed by atoms with Gasteiger partial charge in [0.2, 0.25) is 0 Å². The Balaban J connectivity index is 1.65. The summed E-state index contributed by atoms with van der Waals surface area (Å²) in [6.07, 6.45) is 2.45. The van der Waals surface area contributed by atoms with E-state index in [0.717, 1.165) is 16.7 Å². The Morgan fingerprint density at radius 1 is 0.947 bits per heavy atom. The molecule has 0 saturated heterocycles. The number of aromatic nitrogens is 4. The molecule has 0 amide bonds. The summed E-state index contributed by atoms with van der Waals surface area (Å²) in [5, 5.41) is 8.76. The summed E-state index contributed by atoms with van der Waals surface area (Å²) >= 11 is 0. The molecule has 0 spiro atoms. The fourth-order valence-corrected chi connectivity index (χ4v) is 1.75. The average molecular weight is 248 g/mol. The highest BCUT2D eigenvalue weighted by atomic mass is 15.5. The molecule has 4 heteroatoms. The van der Waals surface area contributed by atoms with Crippen molar-refractivity contribution in [3.05, 3.63) is 54.4 Å². The minimum atomic E-state index is 0.689. The second-order valence-corrected chi connectivity index (χ2v) is 4.05. The molecule has 3 aromatic rings. The molecule has 0 aliphatic rings. The fraction of sp³-hybridized carbons (Fsp3) is 0.133. The SMILES string of the molecule is C(#Cc1ccccn1)CCn1nc2ccccc2n1. The van der Waals surface area contributed by atoms with Crippen molar-refractivity contribution in [1.82, 2.24) is 20.0 Å². The lowest BCUT2D eigenvalue weighted by Crippen LogP contribution is -2.01. The van der Waals surface area contributed by atoms with Gasteiger partial charge in [-0.25, -0.2) is 4.98 Å². The van der Waals surface area contributed by atoms with E-state index < -0.39 is 0 Å². The summed E-state index contributed by atoms with van der Waals surface area (Å²) in [5.41, 5.74) is 2.63. The van der Waals surface area contributed by atoms with Crippen LogP contribution < -0.4 is 0 Å². The van der Waals surface area contributed by atoms with Gasteiger partial charge in [-0.1, -0.05) is 24.1 Å². The molecule has 19 heavy (non-hydrogen) atoms. The standard InChI is InChI=1S/C15H12N4/c1-2-10-15-14(9-1)17-19(18-15)12-6-4-8-13-7-3-5-11-16-13/h1-3,5,7,9-11H,6,12H2. The zero-order valence-electron chi connectivity index (χ0n) is 10.3. The zero-order chi connectivity index (χ0) is 12.9. The first-order valence-corrected chi connectivity index (χ1v) is 6.11. The average Bonchev–Trinajstić information content (AvgIpc) is 2.87. The molecule has 92 valence electrons. The van der Waals surface area contributed by atoms with Crippen molar-refractivity contribution >= 4 is 11.0 Å². The van der Waals surface area contributed by atoms with Crippen molar-refractivity contribution in [3.8, 4) is 11.8 Å². The Kier molecular flexibility index (Phi) is 3.20. The Hall–Kier alpha value is -2.67. The molecule has 3 rings (SSSR count). The number of rotatable bonds is 2. The predicted octanol–water partition coefficient (Wildman–Crippen LogP) is 2.27. The lowest BCUT2D eigenvalue weighted by molar-refractivity contribution is 0.555. The number of pyridine rings is 1. The van der Waals surface area contributed by atoms with Gasteiger partial charge >= 0.3 is 0 Å². The van der Waals surface area contributed by atoms with Crippen LogP contribution in [0.15, 0.2) is 48.7 Å². The summed E-state index contributed by atoms with van der Waals surface area (Å²) in [6.45, 7) is 0.689. The van der Waals surface area contributed by atoms with Gasteiger partial charge in [-0.3, -0.25) is 0 Å². The van der Waals surface area contributed by atoms with E-state index in [1.54, 1.807) is 11.0 Å². The zero-order valence-corrected chi connectivity index (χ0v) is 10.3. The molecule has 0 bridgehead atoms. The van der Waals surface area contributed by atoms with E-state index in [1.807, 2.05) is 42.5 Å². The van der Waals surface area contributed by atoms with E-state index in [4.69, 9.17) is 0 Å². The second kappa shape index (κ2) is 5.32. The summed E-state index contributed by atoms with van der Waals surface area (Å²) < 4.78 is 0. The van der Waals surface area contributed by atoms with Crippen LogP contribution in [0.5, 0.6) is 0 Å². The van der Waals surface area contributed by atoms with Gasteiger partial charge in [-0.2, -0.15) is 15.0 Å². The topological polar surface area (TPSA) is 43.6 Å². The number of aryl methyl sites for hydroxylation is 1.